The minimum atomic E-state index is -1.18. The lowest BCUT2D eigenvalue weighted by molar-refractivity contribution is -0.153. The quantitative estimate of drug-likeness (QED) is 0.367. The number of carbonyl (C=O) groups is 3. The van der Waals surface area contributed by atoms with Crippen molar-refractivity contribution in [3.63, 3.8) is 0 Å². The van der Waals surface area contributed by atoms with Gasteiger partial charge in [0.2, 0.25) is 17.7 Å². The molecule has 3 amide bonds. The Kier molecular flexibility index (Phi) is 7.95. The maximum absolute atomic E-state index is 14.2. The fourth-order valence-corrected chi connectivity index (χ4v) is 6.84. The second-order valence-electron chi connectivity index (χ2n) is 11.0. The van der Waals surface area contributed by atoms with E-state index >= 15 is 0 Å². The summed E-state index contributed by atoms with van der Waals surface area (Å²) in [4.78, 5) is 47.7. The molecule has 0 aromatic rings. The van der Waals surface area contributed by atoms with Gasteiger partial charge in [-0.3, -0.25) is 14.4 Å². The van der Waals surface area contributed by atoms with Gasteiger partial charge >= 0.3 is 0 Å². The minimum Gasteiger partial charge on any atom is -0.396 e. The largest absolute Gasteiger partial charge is 0.396 e. The molecule has 2 fully saturated rings. The van der Waals surface area contributed by atoms with Gasteiger partial charge in [-0.05, 0) is 46.0 Å². The number of likely N-dealkylation sites (tertiary alicyclic amines) is 1. The van der Waals surface area contributed by atoms with Crippen LogP contribution in [-0.2, 0) is 19.1 Å². The van der Waals surface area contributed by atoms with Crippen molar-refractivity contribution in [2.75, 3.05) is 32.8 Å². The summed E-state index contributed by atoms with van der Waals surface area (Å²) in [6.45, 7) is 10.2. The molecule has 0 saturated carbocycles. The van der Waals surface area contributed by atoms with Gasteiger partial charge in [0.05, 0.1) is 17.4 Å². The molecular weight excluding hydrogens is 458 g/mol. The number of nitrogens with zero attached hydrogens (tertiary/aromatic N) is 3. The Morgan fingerprint density at radius 1 is 0.972 bits per heavy atom. The number of unbranched alkanes of at least 4 members (excludes halogenated alkanes) is 2. The van der Waals surface area contributed by atoms with E-state index in [1.54, 1.807) is 4.90 Å². The van der Waals surface area contributed by atoms with Gasteiger partial charge in [0.1, 0.15) is 11.6 Å². The van der Waals surface area contributed by atoms with E-state index in [1.807, 2.05) is 48.0 Å². The summed E-state index contributed by atoms with van der Waals surface area (Å²) in [6, 6.07) is -0.761. The molecule has 4 rings (SSSR count). The first kappa shape index (κ1) is 26.9. The molecule has 36 heavy (non-hydrogen) atoms. The third-order valence-corrected chi connectivity index (χ3v) is 8.46. The molecule has 200 valence electrons. The van der Waals surface area contributed by atoms with Crippen LogP contribution in [0.25, 0.3) is 0 Å². The molecule has 1 spiro atoms. The van der Waals surface area contributed by atoms with Crippen LogP contribution in [0.1, 0.15) is 66.2 Å². The van der Waals surface area contributed by atoms with Gasteiger partial charge in [-0.15, -0.1) is 0 Å². The van der Waals surface area contributed by atoms with Crippen LogP contribution >= 0.6 is 0 Å². The average Bonchev–Trinajstić information content (AvgIpc) is 3.10. The highest BCUT2D eigenvalue weighted by atomic mass is 16.5. The Bertz CT molecular complexity index is 919. The molecule has 2 unspecified atom stereocenters. The molecule has 0 bridgehead atoms. The average molecular weight is 502 g/mol. The summed E-state index contributed by atoms with van der Waals surface area (Å²) in [5.41, 5.74) is -2.14. The van der Waals surface area contributed by atoms with Crippen LogP contribution in [0.15, 0.2) is 24.3 Å². The molecule has 0 aromatic heterocycles. The summed E-state index contributed by atoms with van der Waals surface area (Å²) in [5, 5.41) is 9.22. The van der Waals surface area contributed by atoms with Gasteiger partial charge in [0, 0.05) is 38.8 Å². The third-order valence-electron chi connectivity index (χ3n) is 8.46. The Labute approximate surface area is 215 Å². The van der Waals surface area contributed by atoms with Crippen molar-refractivity contribution < 1.29 is 24.2 Å². The lowest BCUT2D eigenvalue weighted by Gasteiger charge is -2.38. The SMILES string of the molecule is CCCC(C)N1CC=C[C@]23O[C@@]4(C)C=CCN(CCC)C(=O)[C@H]4[C@H]2C(=O)N(CCCCCO)C3C1=O. The van der Waals surface area contributed by atoms with E-state index in [2.05, 4.69) is 13.8 Å². The number of aliphatic hydroxyl groups is 1. The van der Waals surface area contributed by atoms with Crippen molar-refractivity contribution in [3.05, 3.63) is 24.3 Å². The van der Waals surface area contributed by atoms with E-state index in [0.717, 1.165) is 25.7 Å². The van der Waals surface area contributed by atoms with Gasteiger partial charge < -0.3 is 24.5 Å². The van der Waals surface area contributed by atoms with E-state index in [0.29, 0.717) is 39.0 Å². The molecule has 0 radical (unpaired) electrons. The molecule has 0 aliphatic carbocycles. The molecule has 4 heterocycles. The molecule has 4 aliphatic rings. The van der Waals surface area contributed by atoms with Crippen LogP contribution in [-0.4, -0.2) is 93.6 Å². The second-order valence-corrected chi connectivity index (χ2v) is 11.0. The van der Waals surface area contributed by atoms with E-state index in [-0.39, 0.29) is 30.4 Å². The zero-order valence-electron chi connectivity index (χ0n) is 22.3. The number of rotatable bonds is 10. The van der Waals surface area contributed by atoms with E-state index in [9.17, 15) is 19.5 Å². The van der Waals surface area contributed by atoms with Crippen LogP contribution in [0.2, 0.25) is 0 Å². The van der Waals surface area contributed by atoms with Crippen LogP contribution in [0.5, 0.6) is 0 Å². The third kappa shape index (κ3) is 4.30. The number of ether oxygens (including phenoxy) is 1. The fourth-order valence-electron chi connectivity index (χ4n) is 6.84. The Balaban J connectivity index is 1.78. The summed E-state index contributed by atoms with van der Waals surface area (Å²) in [7, 11) is 0. The van der Waals surface area contributed by atoms with E-state index in [4.69, 9.17) is 4.74 Å². The van der Waals surface area contributed by atoms with Crippen LogP contribution in [0.3, 0.4) is 0 Å². The highest BCUT2D eigenvalue weighted by Gasteiger charge is 2.74. The monoisotopic (exact) mass is 501 g/mol. The molecule has 0 aromatic carbocycles. The summed E-state index contributed by atoms with van der Waals surface area (Å²) in [6.07, 6.45) is 12.6. The highest BCUT2D eigenvalue weighted by Crippen LogP contribution is 2.57. The van der Waals surface area contributed by atoms with Gasteiger partial charge in [0.15, 0.2) is 0 Å². The smallest absolute Gasteiger partial charge is 0.249 e. The van der Waals surface area contributed by atoms with Crippen molar-refractivity contribution in [3.8, 4) is 0 Å². The lowest BCUT2D eigenvalue weighted by Crippen LogP contribution is -2.57. The number of hydrogen-bond acceptors (Lipinski definition) is 5. The van der Waals surface area contributed by atoms with Crippen molar-refractivity contribution in [1.29, 1.82) is 0 Å². The lowest BCUT2D eigenvalue weighted by atomic mass is 9.74. The van der Waals surface area contributed by atoms with Crippen LogP contribution in [0.4, 0.5) is 0 Å². The molecule has 6 atom stereocenters. The Morgan fingerprint density at radius 3 is 2.42 bits per heavy atom. The van der Waals surface area contributed by atoms with Crippen LogP contribution in [0, 0.1) is 11.8 Å². The first-order chi connectivity index (χ1) is 17.3. The standard InChI is InChI=1S/C28H43N3O5/c1-5-12-20(3)30-18-11-14-28-22(25(34)31(23(28)26(30)35)17-8-7-9-19-32)21-24(33)29(15-6-2)16-10-13-27(21,4)36-28/h10-11,13-14,20-23,32H,5-9,12,15-19H2,1-4H3/t20?,21-,22+,23?,27+,28+/m1/s1. The van der Waals surface area contributed by atoms with Crippen molar-refractivity contribution in [2.24, 2.45) is 11.8 Å². The predicted molar refractivity (Wildman–Crippen MR) is 137 cm³/mol. The molecule has 2 saturated heterocycles. The zero-order valence-corrected chi connectivity index (χ0v) is 22.3. The first-order valence-corrected chi connectivity index (χ1v) is 13.8. The topological polar surface area (TPSA) is 90.4 Å². The molecule has 4 aliphatic heterocycles. The Hall–Kier alpha value is -2.19. The number of amides is 3. The highest BCUT2D eigenvalue weighted by molar-refractivity contribution is 6.00. The zero-order chi connectivity index (χ0) is 26.1. The maximum Gasteiger partial charge on any atom is 0.249 e. The van der Waals surface area contributed by atoms with Crippen molar-refractivity contribution in [1.82, 2.24) is 14.7 Å². The minimum absolute atomic E-state index is 0.0386. The predicted octanol–water partition coefficient (Wildman–Crippen LogP) is 2.52. The first-order valence-electron chi connectivity index (χ1n) is 13.8. The number of carbonyl (C=O) groups excluding carboxylic acids is 3. The summed E-state index contributed by atoms with van der Waals surface area (Å²) in [5.74, 6) is -1.76. The second kappa shape index (κ2) is 10.7. The van der Waals surface area contributed by atoms with E-state index in [1.165, 1.54) is 0 Å². The number of hydrogen-bond donors (Lipinski definition) is 1. The molecule has 8 nitrogen and oxygen atoms in total. The molecule has 1 N–H and O–H groups in total. The van der Waals surface area contributed by atoms with Crippen LogP contribution < -0.4 is 0 Å². The normalized spacial score (nSPS) is 34.5. The van der Waals surface area contributed by atoms with E-state index < -0.39 is 29.1 Å². The van der Waals surface area contributed by atoms with Gasteiger partial charge in [0.25, 0.3) is 0 Å². The van der Waals surface area contributed by atoms with Gasteiger partial charge in [-0.1, -0.05) is 44.6 Å². The fraction of sp³-hybridized carbons (Fsp3) is 0.750. The number of fused-ring (bicyclic) bond motifs is 2. The molecular formula is C28H43N3O5. The van der Waals surface area contributed by atoms with Gasteiger partial charge in [-0.25, -0.2) is 0 Å². The maximum atomic E-state index is 14.2. The molecule has 8 heteroatoms. The number of aliphatic hydroxyl groups excluding tert-OH is 1. The summed E-state index contributed by atoms with van der Waals surface area (Å²) >= 11 is 0. The van der Waals surface area contributed by atoms with Crippen molar-refractivity contribution in [2.45, 2.75) is 89.5 Å². The van der Waals surface area contributed by atoms with Crippen molar-refractivity contribution >= 4 is 17.7 Å². The Morgan fingerprint density at radius 2 is 1.72 bits per heavy atom. The summed E-state index contributed by atoms with van der Waals surface area (Å²) < 4.78 is 6.84. The van der Waals surface area contributed by atoms with Gasteiger partial charge in [-0.2, -0.15) is 0 Å².